The molecule has 2 heterocycles. The first-order chi connectivity index (χ1) is 13.6. The van der Waals surface area contributed by atoms with Gasteiger partial charge in [-0.2, -0.15) is 0 Å². The molecule has 0 aromatic heterocycles. The molecule has 28 heavy (non-hydrogen) atoms. The summed E-state index contributed by atoms with van der Waals surface area (Å²) in [4.78, 5) is 22.6. The Morgan fingerprint density at radius 3 is 2.71 bits per heavy atom. The van der Waals surface area contributed by atoms with Gasteiger partial charge in [0.25, 0.3) is 0 Å². The quantitative estimate of drug-likeness (QED) is 0.608. The largest absolute Gasteiger partial charge is 0.493 e. The molecule has 1 unspecified atom stereocenters. The number of fused-ring (bicyclic) bond motifs is 1. The Morgan fingerprint density at radius 2 is 2.00 bits per heavy atom. The highest BCUT2D eigenvalue weighted by molar-refractivity contribution is 5.80. The third-order valence-electron chi connectivity index (χ3n) is 5.61. The second-order valence-corrected chi connectivity index (χ2v) is 7.67. The fourth-order valence-electron chi connectivity index (χ4n) is 3.84. The van der Waals surface area contributed by atoms with Crippen LogP contribution in [0.1, 0.15) is 24.3 Å². The lowest BCUT2D eigenvalue weighted by atomic mass is 9.93. The van der Waals surface area contributed by atoms with Crippen LogP contribution in [0.4, 0.5) is 0 Å². The predicted molar refractivity (Wildman–Crippen MR) is 112 cm³/mol. The summed E-state index contributed by atoms with van der Waals surface area (Å²) in [6, 6.07) is 8.32. The minimum Gasteiger partial charge on any atom is -0.493 e. The second-order valence-electron chi connectivity index (χ2n) is 7.67. The summed E-state index contributed by atoms with van der Waals surface area (Å²) in [5.74, 6) is 2.61. The Hall–Kier alpha value is -2.28. The van der Waals surface area contributed by atoms with E-state index in [0.717, 1.165) is 64.0 Å². The van der Waals surface area contributed by atoms with Gasteiger partial charge in [-0.1, -0.05) is 18.2 Å². The fraction of sp³-hybridized carbons (Fsp3) is 0.619. The summed E-state index contributed by atoms with van der Waals surface area (Å²) < 4.78 is 5.77. The van der Waals surface area contributed by atoms with Gasteiger partial charge in [0.15, 0.2) is 5.96 Å². The number of carbonyl (C=O) groups is 1. The zero-order chi connectivity index (χ0) is 19.9. The Labute approximate surface area is 168 Å². The zero-order valence-electron chi connectivity index (χ0n) is 17.4. The highest BCUT2D eigenvalue weighted by Gasteiger charge is 2.24. The summed E-state index contributed by atoms with van der Waals surface area (Å²) in [5, 5.41) is 3.57. The summed E-state index contributed by atoms with van der Waals surface area (Å²) in [7, 11) is 5.47. The molecule has 0 aliphatic carbocycles. The molecular formula is C21H33N5O2. The molecule has 0 saturated carbocycles. The number of aliphatic imine (C=N–C) groups is 1. The van der Waals surface area contributed by atoms with E-state index in [-0.39, 0.29) is 5.91 Å². The van der Waals surface area contributed by atoms with Crippen LogP contribution in [0.5, 0.6) is 5.75 Å². The molecule has 1 saturated heterocycles. The molecule has 2 aliphatic heterocycles. The lowest BCUT2D eigenvalue weighted by Gasteiger charge is -2.37. The van der Waals surface area contributed by atoms with Gasteiger partial charge in [0.05, 0.1) is 6.61 Å². The molecular weight excluding hydrogens is 354 g/mol. The van der Waals surface area contributed by atoms with E-state index in [1.165, 1.54) is 5.56 Å². The number of rotatable bonds is 5. The van der Waals surface area contributed by atoms with Crippen molar-refractivity contribution in [3.8, 4) is 5.75 Å². The lowest BCUT2D eigenvalue weighted by Crippen LogP contribution is -2.53. The van der Waals surface area contributed by atoms with Crippen LogP contribution in [0, 0.1) is 0 Å². The van der Waals surface area contributed by atoms with Crippen LogP contribution in [0.3, 0.4) is 0 Å². The number of amides is 1. The number of hydrogen-bond acceptors (Lipinski definition) is 4. The van der Waals surface area contributed by atoms with E-state index >= 15 is 0 Å². The molecule has 1 aromatic rings. The topological polar surface area (TPSA) is 60.4 Å². The van der Waals surface area contributed by atoms with Gasteiger partial charge >= 0.3 is 0 Å². The van der Waals surface area contributed by atoms with Crippen LogP contribution < -0.4 is 10.1 Å². The van der Waals surface area contributed by atoms with Crippen molar-refractivity contribution in [1.29, 1.82) is 0 Å². The fourth-order valence-corrected chi connectivity index (χ4v) is 3.84. The molecule has 0 spiro atoms. The first-order valence-corrected chi connectivity index (χ1v) is 10.2. The van der Waals surface area contributed by atoms with E-state index < -0.39 is 0 Å². The van der Waals surface area contributed by atoms with Crippen LogP contribution in [-0.2, 0) is 4.79 Å². The van der Waals surface area contributed by atoms with E-state index in [1.54, 1.807) is 4.90 Å². The van der Waals surface area contributed by atoms with Crippen molar-refractivity contribution >= 4 is 11.9 Å². The average molecular weight is 388 g/mol. The molecule has 2 aliphatic rings. The van der Waals surface area contributed by atoms with Crippen LogP contribution in [0.15, 0.2) is 29.3 Å². The third-order valence-corrected chi connectivity index (χ3v) is 5.61. The molecule has 0 radical (unpaired) electrons. The first-order valence-electron chi connectivity index (χ1n) is 10.2. The van der Waals surface area contributed by atoms with Gasteiger partial charge in [-0.3, -0.25) is 14.7 Å². The summed E-state index contributed by atoms with van der Waals surface area (Å²) in [5.41, 5.74) is 1.28. The van der Waals surface area contributed by atoms with Crippen LogP contribution in [-0.4, -0.2) is 93.6 Å². The number of hydrogen-bond donors (Lipinski definition) is 1. The third kappa shape index (κ3) is 5.16. The number of para-hydroxylation sites is 1. The molecule has 154 valence electrons. The Balaban J connectivity index is 1.46. The van der Waals surface area contributed by atoms with Gasteiger partial charge in [0.2, 0.25) is 5.91 Å². The minimum absolute atomic E-state index is 0.191. The van der Waals surface area contributed by atoms with Gasteiger partial charge in [0, 0.05) is 72.8 Å². The maximum absolute atomic E-state index is 11.8. The Morgan fingerprint density at radius 1 is 1.25 bits per heavy atom. The highest BCUT2D eigenvalue weighted by atomic mass is 16.5. The van der Waals surface area contributed by atoms with Crippen molar-refractivity contribution in [3.63, 3.8) is 0 Å². The van der Waals surface area contributed by atoms with E-state index in [2.05, 4.69) is 38.3 Å². The molecule has 3 rings (SSSR count). The molecule has 1 aromatic carbocycles. The van der Waals surface area contributed by atoms with Crippen molar-refractivity contribution in [2.75, 3.05) is 67.0 Å². The number of benzene rings is 1. The van der Waals surface area contributed by atoms with Crippen molar-refractivity contribution in [3.05, 3.63) is 29.8 Å². The normalized spacial score (nSPS) is 20.3. The van der Waals surface area contributed by atoms with Gasteiger partial charge in [-0.25, -0.2) is 0 Å². The van der Waals surface area contributed by atoms with Crippen LogP contribution in [0.25, 0.3) is 0 Å². The number of carbonyl (C=O) groups excluding carboxylic acids is 1. The molecule has 1 atom stereocenters. The molecule has 1 N–H and O–H groups in total. The average Bonchev–Trinajstić information content (AvgIpc) is 2.73. The zero-order valence-corrected chi connectivity index (χ0v) is 17.4. The molecule has 1 amide bonds. The van der Waals surface area contributed by atoms with E-state index in [4.69, 9.17) is 4.74 Å². The Bertz CT molecular complexity index is 683. The molecule has 7 heteroatoms. The van der Waals surface area contributed by atoms with Crippen molar-refractivity contribution < 1.29 is 9.53 Å². The maximum Gasteiger partial charge on any atom is 0.223 e. The number of ether oxygens (including phenoxy) is 1. The van der Waals surface area contributed by atoms with Crippen molar-refractivity contribution in [2.24, 2.45) is 4.99 Å². The number of piperazine rings is 1. The minimum atomic E-state index is 0.191. The second kappa shape index (κ2) is 9.78. The lowest BCUT2D eigenvalue weighted by molar-refractivity contribution is -0.129. The van der Waals surface area contributed by atoms with Gasteiger partial charge in [-0.05, 0) is 18.1 Å². The smallest absolute Gasteiger partial charge is 0.223 e. The highest BCUT2D eigenvalue weighted by Crippen LogP contribution is 2.32. The summed E-state index contributed by atoms with van der Waals surface area (Å²) in [6.45, 7) is 6.25. The van der Waals surface area contributed by atoms with Crippen LogP contribution >= 0.6 is 0 Å². The maximum atomic E-state index is 11.8. The number of guanidine groups is 1. The standard InChI is InChI=1S/C21H33N5O2/c1-22-21(23-16-17-9-15-28-19-7-5-4-6-18(17)19)26-13-11-25(12-14-26)10-8-20(27)24(2)3/h4-7,17H,8-16H2,1-3H3,(H,22,23). The summed E-state index contributed by atoms with van der Waals surface area (Å²) >= 11 is 0. The first kappa shape index (κ1) is 20.5. The number of nitrogens with one attached hydrogen (secondary N) is 1. The molecule has 0 bridgehead atoms. The van der Waals surface area contributed by atoms with E-state index in [0.29, 0.717) is 12.3 Å². The van der Waals surface area contributed by atoms with Crippen LogP contribution in [0.2, 0.25) is 0 Å². The van der Waals surface area contributed by atoms with Crippen molar-refractivity contribution in [2.45, 2.75) is 18.8 Å². The van der Waals surface area contributed by atoms with E-state index in [9.17, 15) is 4.79 Å². The van der Waals surface area contributed by atoms with Gasteiger partial charge < -0.3 is 19.9 Å². The number of nitrogens with zero attached hydrogens (tertiary/aromatic N) is 4. The van der Waals surface area contributed by atoms with E-state index in [1.807, 2.05) is 27.2 Å². The monoisotopic (exact) mass is 387 g/mol. The van der Waals surface area contributed by atoms with Gasteiger partial charge in [0.1, 0.15) is 5.75 Å². The predicted octanol–water partition coefficient (Wildman–Crippen LogP) is 1.22. The molecule has 7 nitrogen and oxygen atoms in total. The molecule has 1 fully saturated rings. The van der Waals surface area contributed by atoms with Crippen molar-refractivity contribution in [1.82, 2.24) is 20.0 Å². The Kier molecular flexibility index (Phi) is 7.14. The SMILES string of the molecule is CN=C(NCC1CCOc2ccccc21)N1CCN(CCC(=O)N(C)C)CC1. The van der Waals surface area contributed by atoms with Gasteiger partial charge in [-0.15, -0.1) is 0 Å². The summed E-state index contributed by atoms with van der Waals surface area (Å²) in [6.07, 6.45) is 1.61.